The number of esters is 1. The fraction of sp³-hybridized carbons (Fsp3) is 0.136. The molecule has 3 aromatic rings. The molecule has 34 heavy (non-hydrogen) atoms. The van der Waals surface area contributed by atoms with Crippen molar-refractivity contribution >= 4 is 39.1 Å². The number of aromatic hydroxyl groups is 1. The van der Waals surface area contributed by atoms with Gasteiger partial charge in [-0.25, -0.2) is 18.2 Å². The molecule has 0 radical (unpaired) electrons. The molecular weight excluding hydrogens is 462 g/mol. The van der Waals surface area contributed by atoms with Crippen molar-refractivity contribution in [2.45, 2.75) is 4.90 Å². The molecule has 2 aromatic carbocycles. The molecule has 0 aliphatic heterocycles. The first-order valence-electron chi connectivity index (χ1n) is 9.81. The van der Waals surface area contributed by atoms with Gasteiger partial charge in [-0.05, 0) is 54.6 Å². The Hall–Kier alpha value is -4.32. The van der Waals surface area contributed by atoms with Crippen LogP contribution in [0.4, 0.5) is 17.2 Å². The molecular formula is C22H21N5O6S. The molecule has 1 amide bonds. The van der Waals surface area contributed by atoms with Crippen LogP contribution in [-0.4, -0.2) is 56.0 Å². The summed E-state index contributed by atoms with van der Waals surface area (Å²) in [6, 6.07) is 14.4. The molecule has 0 aliphatic rings. The fourth-order valence-corrected chi connectivity index (χ4v) is 3.52. The maximum Gasteiger partial charge on any atom is 0.342 e. The van der Waals surface area contributed by atoms with E-state index in [0.717, 1.165) is 0 Å². The third-order valence-corrected chi connectivity index (χ3v) is 5.73. The summed E-state index contributed by atoms with van der Waals surface area (Å²) in [6.45, 7) is -0.471. The second-order valence-corrected chi connectivity index (χ2v) is 8.76. The number of phenols is 1. The monoisotopic (exact) mass is 483 g/mol. The second kappa shape index (κ2) is 10.5. The third-order valence-electron chi connectivity index (χ3n) is 4.36. The predicted molar refractivity (Wildman–Crippen MR) is 123 cm³/mol. The van der Waals surface area contributed by atoms with E-state index in [2.05, 4.69) is 19.9 Å². The van der Waals surface area contributed by atoms with Gasteiger partial charge in [-0.1, -0.05) is 6.07 Å². The van der Waals surface area contributed by atoms with E-state index in [0.29, 0.717) is 5.69 Å². The zero-order valence-corrected chi connectivity index (χ0v) is 19.1. The van der Waals surface area contributed by atoms with Crippen LogP contribution in [0.1, 0.15) is 10.4 Å². The van der Waals surface area contributed by atoms with Crippen LogP contribution in [0.5, 0.6) is 5.75 Å². The van der Waals surface area contributed by atoms with Gasteiger partial charge < -0.3 is 14.7 Å². The molecule has 0 bridgehead atoms. The summed E-state index contributed by atoms with van der Waals surface area (Å²) in [4.78, 5) is 29.0. The van der Waals surface area contributed by atoms with Crippen molar-refractivity contribution < 1.29 is 27.9 Å². The van der Waals surface area contributed by atoms with Crippen LogP contribution in [0, 0.1) is 0 Å². The summed E-state index contributed by atoms with van der Waals surface area (Å²) in [6.07, 6.45) is 1.47. The minimum absolute atomic E-state index is 0.0130. The average Bonchev–Trinajstić information content (AvgIpc) is 2.82. The number of nitrogens with one attached hydrogen (secondary N) is 1. The Morgan fingerprint density at radius 2 is 1.71 bits per heavy atom. The lowest BCUT2D eigenvalue weighted by Crippen LogP contribution is -2.27. The fourth-order valence-electron chi connectivity index (χ4n) is 2.51. The van der Waals surface area contributed by atoms with E-state index < -0.39 is 28.5 Å². The number of sulfonamides is 1. The number of phenolic OH excluding ortho intramolecular Hbond substituents is 1. The Bertz CT molecular complexity index is 1310. The van der Waals surface area contributed by atoms with E-state index in [1.807, 2.05) is 0 Å². The van der Waals surface area contributed by atoms with E-state index >= 15 is 0 Å². The molecule has 1 aromatic heterocycles. The lowest BCUT2D eigenvalue weighted by Gasteiger charge is -2.11. The number of hydrogen-bond donors (Lipinski definition) is 2. The highest BCUT2D eigenvalue weighted by Gasteiger charge is 2.17. The second-order valence-electron chi connectivity index (χ2n) is 7.08. The number of amides is 1. The number of hydrogen-bond acceptors (Lipinski definition) is 9. The van der Waals surface area contributed by atoms with Gasteiger partial charge in [0.2, 0.25) is 0 Å². The zero-order chi connectivity index (χ0) is 24.7. The molecule has 0 unspecified atom stereocenters. The first kappa shape index (κ1) is 24.3. The molecule has 3 rings (SSSR count). The number of pyridine rings is 1. The highest BCUT2D eigenvalue weighted by molar-refractivity contribution is 7.92. The molecule has 0 saturated heterocycles. The number of azo groups is 1. The SMILES string of the molecule is CN(C)C(=O)COC(=O)c1cc(N=Nc2ccc(S(=O)(=O)Nc3ccccn3)cc2)ccc1O. The molecule has 0 atom stereocenters. The molecule has 0 saturated carbocycles. The van der Waals surface area contributed by atoms with Crippen LogP contribution in [0.3, 0.4) is 0 Å². The topological polar surface area (TPSA) is 151 Å². The van der Waals surface area contributed by atoms with Crippen LogP contribution >= 0.6 is 0 Å². The van der Waals surface area contributed by atoms with Gasteiger partial charge in [-0.3, -0.25) is 9.52 Å². The van der Waals surface area contributed by atoms with Crippen molar-refractivity contribution in [1.82, 2.24) is 9.88 Å². The highest BCUT2D eigenvalue weighted by atomic mass is 32.2. The van der Waals surface area contributed by atoms with Gasteiger partial charge in [0.1, 0.15) is 17.1 Å². The summed E-state index contributed by atoms with van der Waals surface area (Å²) >= 11 is 0. The number of ether oxygens (including phenoxy) is 1. The largest absolute Gasteiger partial charge is 0.507 e. The van der Waals surface area contributed by atoms with Crippen molar-refractivity contribution in [3.63, 3.8) is 0 Å². The standard InChI is InChI=1S/C22H21N5O6S/c1-27(2)21(29)14-33-22(30)18-13-16(8-11-19(18)28)25-24-15-6-9-17(10-7-15)34(31,32)26-20-5-3-4-12-23-20/h3-13,28H,14H2,1-2H3,(H,23,26). The average molecular weight is 484 g/mol. The van der Waals surface area contributed by atoms with E-state index in [-0.39, 0.29) is 27.7 Å². The summed E-state index contributed by atoms with van der Waals surface area (Å²) < 4.78 is 32.2. The number of carbonyl (C=O) groups excluding carboxylic acids is 2. The maximum absolute atomic E-state index is 12.5. The molecule has 2 N–H and O–H groups in total. The van der Waals surface area contributed by atoms with Gasteiger partial charge in [0.15, 0.2) is 6.61 Å². The molecule has 0 spiro atoms. The lowest BCUT2D eigenvalue weighted by molar-refractivity contribution is -0.131. The first-order chi connectivity index (χ1) is 16.2. The molecule has 12 heteroatoms. The van der Waals surface area contributed by atoms with Crippen molar-refractivity contribution in [2.24, 2.45) is 10.2 Å². The molecule has 0 fully saturated rings. The summed E-state index contributed by atoms with van der Waals surface area (Å²) in [5.74, 6) is -1.45. The minimum atomic E-state index is -3.83. The number of nitrogens with zero attached hydrogens (tertiary/aromatic N) is 4. The number of rotatable bonds is 8. The Morgan fingerprint density at radius 1 is 1.03 bits per heavy atom. The zero-order valence-electron chi connectivity index (χ0n) is 18.2. The van der Waals surface area contributed by atoms with Crippen molar-refractivity contribution in [3.05, 3.63) is 72.4 Å². The van der Waals surface area contributed by atoms with Crippen molar-refractivity contribution in [1.29, 1.82) is 0 Å². The van der Waals surface area contributed by atoms with E-state index in [4.69, 9.17) is 4.74 Å². The minimum Gasteiger partial charge on any atom is -0.507 e. The summed E-state index contributed by atoms with van der Waals surface area (Å²) in [7, 11) is -0.782. The van der Waals surface area contributed by atoms with Crippen molar-refractivity contribution in [2.75, 3.05) is 25.4 Å². The third kappa shape index (κ3) is 6.36. The van der Waals surface area contributed by atoms with Gasteiger partial charge in [0.05, 0.1) is 16.3 Å². The lowest BCUT2D eigenvalue weighted by atomic mass is 10.2. The van der Waals surface area contributed by atoms with E-state index in [1.165, 1.54) is 73.7 Å². The van der Waals surface area contributed by atoms with Crippen molar-refractivity contribution in [3.8, 4) is 5.75 Å². The highest BCUT2D eigenvalue weighted by Crippen LogP contribution is 2.26. The Labute approximate surface area is 195 Å². The summed E-state index contributed by atoms with van der Waals surface area (Å²) in [5.41, 5.74) is 0.410. The van der Waals surface area contributed by atoms with Crippen LogP contribution in [-0.2, 0) is 19.6 Å². The maximum atomic E-state index is 12.5. The molecule has 0 aliphatic carbocycles. The Balaban J connectivity index is 1.70. The molecule has 176 valence electrons. The summed E-state index contributed by atoms with van der Waals surface area (Å²) in [5, 5.41) is 18.0. The molecule has 1 heterocycles. The van der Waals surface area contributed by atoms with Gasteiger partial charge in [-0.2, -0.15) is 10.2 Å². The van der Waals surface area contributed by atoms with Crippen LogP contribution < -0.4 is 4.72 Å². The van der Waals surface area contributed by atoms with Crippen LogP contribution in [0.15, 0.2) is 82.0 Å². The normalized spacial score (nSPS) is 11.2. The van der Waals surface area contributed by atoms with Gasteiger partial charge in [-0.15, -0.1) is 0 Å². The first-order valence-corrected chi connectivity index (χ1v) is 11.3. The number of aromatic nitrogens is 1. The molecule has 11 nitrogen and oxygen atoms in total. The van der Waals surface area contributed by atoms with E-state index in [1.54, 1.807) is 12.1 Å². The van der Waals surface area contributed by atoms with Gasteiger partial charge in [0, 0.05) is 20.3 Å². The number of likely N-dealkylation sites (N-methyl/N-ethyl adjacent to an activating group) is 1. The van der Waals surface area contributed by atoms with Gasteiger partial charge >= 0.3 is 5.97 Å². The smallest absolute Gasteiger partial charge is 0.342 e. The van der Waals surface area contributed by atoms with E-state index in [9.17, 15) is 23.1 Å². The quantitative estimate of drug-likeness (QED) is 0.369. The van der Waals surface area contributed by atoms with Crippen LogP contribution in [0.25, 0.3) is 0 Å². The Morgan fingerprint density at radius 3 is 2.35 bits per heavy atom. The Kier molecular flexibility index (Phi) is 7.53. The predicted octanol–water partition coefficient (Wildman–Crippen LogP) is 3.25. The number of anilines is 1. The van der Waals surface area contributed by atoms with Gasteiger partial charge in [0.25, 0.3) is 15.9 Å². The number of carbonyl (C=O) groups is 2. The number of benzene rings is 2. The van der Waals surface area contributed by atoms with Crippen LogP contribution in [0.2, 0.25) is 0 Å².